The van der Waals surface area contributed by atoms with Crippen molar-refractivity contribution in [3.63, 3.8) is 0 Å². The molecule has 1 fully saturated rings. The molecule has 0 saturated carbocycles. The molecule has 0 bridgehead atoms. The molecule has 0 unspecified atom stereocenters. The summed E-state index contributed by atoms with van der Waals surface area (Å²) in [7, 11) is -3.72. The van der Waals surface area contributed by atoms with Gasteiger partial charge in [-0.25, -0.2) is 12.8 Å². The minimum absolute atomic E-state index is 0.0357. The lowest BCUT2D eigenvalue weighted by Gasteiger charge is -2.35. The summed E-state index contributed by atoms with van der Waals surface area (Å²) in [6, 6.07) is 9.88. The average Bonchev–Trinajstić information content (AvgIpc) is 2.70. The van der Waals surface area contributed by atoms with Crippen molar-refractivity contribution >= 4 is 27.5 Å². The molecular weight excluding hydrogens is 419 g/mol. The van der Waals surface area contributed by atoms with Gasteiger partial charge < -0.3 is 9.64 Å². The summed E-state index contributed by atoms with van der Waals surface area (Å²) in [6.45, 7) is 4.35. The Balaban J connectivity index is 1.60. The van der Waals surface area contributed by atoms with Gasteiger partial charge in [0.1, 0.15) is 11.6 Å². The van der Waals surface area contributed by atoms with E-state index >= 15 is 0 Å². The van der Waals surface area contributed by atoms with Crippen LogP contribution in [0.15, 0.2) is 47.4 Å². The second-order valence-electron chi connectivity index (χ2n) is 6.85. The third kappa shape index (κ3) is 4.88. The van der Waals surface area contributed by atoms with Crippen LogP contribution in [0.5, 0.6) is 5.75 Å². The maximum Gasteiger partial charge on any atom is 0.263 e. The summed E-state index contributed by atoms with van der Waals surface area (Å²) in [5.41, 5.74) is 0.826. The van der Waals surface area contributed by atoms with E-state index in [9.17, 15) is 17.6 Å². The number of aryl methyl sites for hydroxylation is 1. The molecule has 2 aromatic carbocycles. The zero-order valence-corrected chi connectivity index (χ0v) is 17.7. The minimum atomic E-state index is -3.72. The Morgan fingerprint density at radius 3 is 2.31 bits per heavy atom. The van der Waals surface area contributed by atoms with Crippen molar-refractivity contribution < 1.29 is 22.3 Å². The number of hydrogen-bond acceptors (Lipinski definition) is 4. The van der Waals surface area contributed by atoms with Crippen molar-refractivity contribution in [2.45, 2.75) is 24.8 Å². The lowest BCUT2D eigenvalue weighted by Crippen LogP contribution is -2.53. The van der Waals surface area contributed by atoms with Gasteiger partial charge in [0.15, 0.2) is 6.10 Å². The molecule has 1 saturated heterocycles. The second-order valence-corrected chi connectivity index (χ2v) is 9.23. The Morgan fingerprint density at radius 1 is 1.10 bits per heavy atom. The number of ether oxygens (including phenoxy) is 1. The first-order valence-corrected chi connectivity index (χ1v) is 11.0. The fourth-order valence-corrected chi connectivity index (χ4v) is 4.80. The summed E-state index contributed by atoms with van der Waals surface area (Å²) in [4.78, 5) is 14.3. The number of carbonyl (C=O) groups excluding carboxylic acids is 1. The predicted octanol–water partition coefficient (Wildman–Crippen LogP) is 3.09. The number of hydrogen-bond donors (Lipinski definition) is 0. The molecule has 1 heterocycles. The summed E-state index contributed by atoms with van der Waals surface area (Å²) < 4.78 is 45.5. The Kier molecular flexibility index (Phi) is 6.45. The van der Waals surface area contributed by atoms with Crippen LogP contribution in [0, 0.1) is 12.7 Å². The van der Waals surface area contributed by atoms with Gasteiger partial charge in [-0.1, -0.05) is 11.6 Å². The van der Waals surface area contributed by atoms with E-state index in [1.807, 2.05) is 6.92 Å². The smallest absolute Gasteiger partial charge is 0.263 e. The van der Waals surface area contributed by atoms with Gasteiger partial charge in [-0.3, -0.25) is 4.79 Å². The van der Waals surface area contributed by atoms with Crippen molar-refractivity contribution in [1.29, 1.82) is 0 Å². The molecule has 2 aromatic rings. The van der Waals surface area contributed by atoms with Gasteiger partial charge in [-0.2, -0.15) is 4.31 Å². The van der Waals surface area contributed by atoms with E-state index in [1.165, 1.54) is 16.4 Å². The molecule has 0 aromatic heterocycles. The van der Waals surface area contributed by atoms with Crippen LogP contribution in [-0.4, -0.2) is 55.8 Å². The van der Waals surface area contributed by atoms with Crippen LogP contribution in [0.2, 0.25) is 5.02 Å². The van der Waals surface area contributed by atoms with Gasteiger partial charge in [0.25, 0.3) is 5.91 Å². The summed E-state index contributed by atoms with van der Waals surface area (Å²) in [6.07, 6.45) is -0.713. The molecule has 1 amide bonds. The molecule has 1 atom stereocenters. The van der Waals surface area contributed by atoms with E-state index in [0.717, 1.165) is 17.7 Å². The predicted molar refractivity (Wildman–Crippen MR) is 108 cm³/mol. The Bertz CT molecular complexity index is 990. The molecule has 1 aliphatic rings. The largest absolute Gasteiger partial charge is 0.481 e. The average molecular weight is 441 g/mol. The van der Waals surface area contributed by atoms with Crippen LogP contribution < -0.4 is 4.74 Å². The first-order chi connectivity index (χ1) is 13.7. The normalized spacial score (nSPS) is 16.5. The van der Waals surface area contributed by atoms with E-state index < -0.39 is 21.9 Å². The molecule has 29 heavy (non-hydrogen) atoms. The van der Waals surface area contributed by atoms with E-state index in [0.29, 0.717) is 10.8 Å². The molecule has 156 valence electrons. The quantitative estimate of drug-likeness (QED) is 0.716. The van der Waals surface area contributed by atoms with Crippen LogP contribution in [-0.2, 0) is 14.8 Å². The van der Waals surface area contributed by atoms with Gasteiger partial charge in [0.05, 0.1) is 4.90 Å². The van der Waals surface area contributed by atoms with Crippen molar-refractivity contribution in [3.8, 4) is 5.75 Å². The first-order valence-electron chi connectivity index (χ1n) is 9.16. The Morgan fingerprint density at radius 2 is 1.72 bits per heavy atom. The molecular formula is C20H22ClFN2O4S. The molecule has 3 rings (SSSR count). The lowest BCUT2D eigenvalue weighted by atomic mass is 10.2. The summed E-state index contributed by atoms with van der Waals surface area (Å²) in [5, 5.41) is 0.590. The van der Waals surface area contributed by atoms with Gasteiger partial charge in [0, 0.05) is 31.2 Å². The van der Waals surface area contributed by atoms with E-state index in [4.69, 9.17) is 16.3 Å². The number of rotatable bonds is 5. The summed E-state index contributed by atoms with van der Waals surface area (Å²) >= 11 is 5.94. The van der Waals surface area contributed by atoms with Gasteiger partial charge in [0.2, 0.25) is 10.0 Å². The minimum Gasteiger partial charge on any atom is -0.481 e. The van der Waals surface area contributed by atoms with Gasteiger partial charge >= 0.3 is 0 Å². The highest BCUT2D eigenvalue weighted by atomic mass is 35.5. The topological polar surface area (TPSA) is 66.9 Å². The fourth-order valence-electron chi connectivity index (χ4n) is 3.15. The van der Waals surface area contributed by atoms with Crippen molar-refractivity contribution in [2.24, 2.45) is 0 Å². The zero-order chi connectivity index (χ0) is 21.2. The maximum absolute atomic E-state index is 13.1. The summed E-state index contributed by atoms with van der Waals surface area (Å²) in [5.74, 6) is -0.129. The van der Waals surface area contributed by atoms with Crippen molar-refractivity contribution in [2.75, 3.05) is 26.2 Å². The standard InChI is InChI=1S/C20H22ClFN2O4S/c1-14-13-16(21)3-8-19(14)28-15(2)20(25)23-9-11-24(12-10-23)29(26,27)18-6-4-17(22)5-7-18/h3-8,13,15H,9-12H2,1-2H3/t15-/m0/s1. The monoisotopic (exact) mass is 440 g/mol. The molecule has 0 spiro atoms. The number of benzene rings is 2. The maximum atomic E-state index is 13.1. The molecule has 9 heteroatoms. The number of piperazine rings is 1. The highest BCUT2D eigenvalue weighted by molar-refractivity contribution is 7.89. The van der Waals surface area contributed by atoms with Gasteiger partial charge in [-0.15, -0.1) is 0 Å². The third-order valence-corrected chi connectivity index (χ3v) is 6.94. The number of halogens is 2. The van der Waals surface area contributed by atoms with Gasteiger partial charge in [-0.05, 0) is 61.9 Å². The van der Waals surface area contributed by atoms with E-state index in [1.54, 1.807) is 30.0 Å². The SMILES string of the molecule is Cc1cc(Cl)ccc1O[C@@H](C)C(=O)N1CCN(S(=O)(=O)c2ccc(F)cc2)CC1. The van der Waals surface area contributed by atoms with E-state index in [-0.39, 0.29) is 37.0 Å². The number of sulfonamides is 1. The number of amides is 1. The van der Waals surface area contributed by atoms with E-state index in [2.05, 4.69) is 0 Å². The van der Waals surface area contributed by atoms with Crippen LogP contribution in [0.4, 0.5) is 4.39 Å². The van der Waals surface area contributed by atoms with Crippen LogP contribution in [0.3, 0.4) is 0 Å². The number of carbonyl (C=O) groups is 1. The second kappa shape index (κ2) is 8.69. The highest BCUT2D eigenvalue weighted by Gasteiger charge is 2.32. The first kappa shape index (κ1) is 21.5. The van der Waals surface area contributed by atoms with Crippen molar-refractivity contribution in [1.82, 2.24) is 9.21 Å². The molecule has 1 aliphatic heterocycles. The Labute approximate surface area is 174 Å². The fraction of sp³-hybridized carbons (Fsp3) is 0.350. The van der Waals surface area contributed by atoms with Crippen LogP contribution >= 0.6 is 11.6 Å². The molecule has 6 nitrogen and oxygen atoms in total. The third-order valence-electron chi connectivity index (χ3n) is 4.79. The van der Waals surface area contributed by atoms with Crippen molar-refractivity contribution in [3.05, 3.63) is 58.9 Å². The highest BCUT2D eigenvalue weighted by Crippen LogP contribution is 2.24. The van der Waals surface area contributed by atoms with Crippen LogP contribution in [0.25, 0.3) is 0 Å². The molecule has 0 N–H and O–H groups in total. The Hall–Kier alpha value is -2.16. The van der Waals surface area contributed by atoms with Crippen LogP contribution in [0.1, 0.15) is 12.5 Å². The molecule has 0 radical (unpaired) electrons. The zero-order valence-electron chi connectivity index (χ0n) is 16.1. The lowest BCUT2D eigenvalue weighted by molar-refractivity contribution is -0.139. The number of nitrogens with zero attached hydrogens (tertiary/aromatic N) is 2. The molecule has 0 aliphatic carbocycles.